The first-order valence-electron chi connectivity index (χ1n) is 5.77. The van der Waals surface area contributed by atoms with Crippen LogP contribution in [0.25, 0.3) is 0 Å². The maximum atomic E-state index is 11.9. The van der Waals surface area contributed by atoms with Crippen LogP contribution in [0, 0.1) is 0 Å². The third kappa shape index (κ3) is 4.65. The minimum absolute atomic E-state index is 0.198. The number of hydrogen-bond acceptors (Lipinski definition) is 3. The van der Waals surface area contributed by atoms with Gasteiger partial charge in [0.05, 0.1) is 11.9 Å². The van der Waals surface area contributed by atoms with E-state index in [-0.39, 0.29) is 6.04 Å². The van der Waals surface area contributed by atoms with Gasteiger partial charge in [0, 0.05) is 6.04 Å². The molecule has 3 nitrogen and oxygen atoms in total. The van der Waals surface area contributed by atoms with Crippen LogP contribution >= 0.6 is 0 Å². The number of aromatic nitrogens is 1. The summed E-state index contributed by atoms with van der Waals surface area (Å²) in [6.45, 7) is 4.37. The fourth-order valence-corrected chi connectivity index (χ4v) is 1.55. The summed E-state index contributed by atoms with van der Waals surface area (Å²) in [6, 6.07) is 3.67. The van der Waals surface area contributed by atoms with E-state index in [0.717, 1.165) is 18.7 Å². The van der Waals surface area contributed by atoms with Crippen molar-refractivity contribution >= 4 is 0 Å². The molecule has 5 heteroatoms. The Morgan fingerprint density at radius 2 is 2.12 bits per heavy atom. The lowest BCUT2D eigenvalue weighted by Gasteiger charge is -2.15. The molecule has 17 heavy (non-hydrogen) atoms. The van der Waals surface area contributed by atoms with Crippen LogP contribution < -0.4 is 10.1 Å². The van der Waals surface area contributed by atoms with Crippen molar-refractivity contribution in [2.24, 2.45) is 0 Å². The Labute approximate surface area is 100 Å². The molecule has 0 aromatic carbocycles. The monoisotopic (exact) mass is 244 g/mol. The predicted octanol–water partition coefficient (Wildman–Crippen LogP) is 2.79. The molecule has 0 aliphatic carbocycles. The van der Waals surface area contributed by atoms with E-state index in [0.29, 0.717) is 5.75 Å². The highest BCUT2D eigenvalue weighted by molar-refractivity contribution is 5.21. The van der Waals surface area contributed by atoms with Gasteiger partial charge in [-0.05, 0) is 25.1 Å². The summed E-state index contributed by atoms with van der Waals surface area (Å²) in [7, 11) is 0. The van der Waals surface area contributed by atoms with Gasteiger partial charge in [0.1, 0.15) is 12.4 Å². The van der Waals surface area contributed by atoms with Crippen molar-refractivity contribution in [2.75, 3.05) is 13.2 Å². The average Bonchev–Trinajstić information content (AvgIpc) is 2.34. The van der Waals surface area contributed by atoms with E-state index >= 15 is 0 Å². The van der Waals surface area contributed by atoms with Gasteiger partial charge in [-0.1, -0.05) is 13.8 Å². The van der Waals surface area contributed by atoms with Crippen molar-refractivity contribution in [3.8, 4) is 5.75 Å². The van der Waals surface area contributed by atoms with Crippen LogP contribution in [0.2, 0.25) is 0 Å². The highest BCUT2D eigenvalue weighted by Gasteiger charge is 2.09. The third-order valence-corrected chi connectivity index (χ3v) is 2.35. The van der Waals surface area contributed by atoms with Crippen LogP contribution in [-0.2, 0) is 0 Å². The molecule has 1 aromatic heterocycles. The second-order valence-electron chi connectivity index (χ2n) is 3.64. The maximum absolute atomic E-state index is 11.9. The quantitative estimate of drug-likeness (QED) is 0.800. The molecular formula is C12H18F2N2O. The molecule has 1 aromatic rings. The van der Waals surface area contributed by atoms with E-state index in [2.05, 4.69) is 17.2 Å². The number of ether oxygens (including phenoxy) is 1. The third-order valence-electron chi connectivity index (χ3n) is 2.35. The molecule has 1 rings (SSSR count). The summed E-state index contributed by atoms with van der Waals surface area (Å²) in [5.74, 6) is 0.375. The smallest absolute Gasteiger partial charge is 0.272 e. The number of nitrogens with one attached hydrogen (secondary N) is 1. The zero-order valence-corrected chi connectivity index (χ0v) is 10.1. The Morgan fingerprint density at radius 1 is 1.35 bits per heavy atom. The van der Waals surface area contributed by atoms with Crippen LogP contribution in [-0.4, -0.2) is 24.6 Å². The van der Waals surface area contributed by atoms with Crippen molar-refractivity contribution in [3.63, 3.8) is 0 Å². The molecular weight excluding hydrogens is 226 g/mol. The van der Waals surface area contributed by atoms with Crippen LogP contribution in [0.5, 0.6) is 5.75 Å². The fraction of sp³-hybridized carbons (Fsp3) is 0.583. The van der Waals surface area contributed by atoms with Crippen molar-refractivity contribution < 1.29 is 13.5 Å². The van der Waals surface area contributed by atoms with E-state index < -0.39 is 13.0 Å². The zero-order chi connectivity index (χ0) is 12.7. The molecule has 0 bridgehead atoms. The first-order valence-corrected chi connectivity index (χ1v) is 5.77. The van der Waals surface area contributed by atoms with Crippen LogP contribution in [0.4, 0.5) is 8.78 Å². The van der Waals surface area contributed by atoms with E-state index in [1.165, 1.54) is 6.20 Å². The Hall–Kier alpha value is -1.23. The van der Waals surface area contributed by atoms with Gasteiger partial charge in [0.15, 0.2) is 0 Å². The number of rotatable bonds is 7. The summed E-state index contributed by atoms with van der Waals surface area (Å²) in [6.07, 6.45) is -0.0460. The molecule has 1 unspecified atom stereocenters. The van der Waals surface area contributed by atoms with Crippen LogP contribution in [0.3, 0.4) is 0 Å². The standard InChI is InChI=1S/C12H18F2N2O/c1-3-10(15-4-2)11-6-5-9(7-16-11)17-8-12(13)14/h5-7,10,12,15H,3-4,8H2,1-2H3. The number of pyridine rings is 1. The lowest BCUT2D eigenvalue weighted by Crippen LogP contribution is -2.21. The maximum Gasteiger partial charge on any atom is 0.272 e. The normalized spacial score (nSPS) is 12.8. The lowest BCUT2D eigenvalue weighted by atomic mass is 10.1. The van der Waals surface area contributed by atoms with E-state index in [9.17, 15) is 8.78 Å². The van der Waals surface area contributed by atoms with Crippen LogP contribution in [0.15, 0.2) is 18.3 Å². The first-order chi connectivity index (χ1) is 8.17. The SMILES string of the molecule is CCNC(CC)c1ccc(OCC(F)F)cn1. The molecule has 0 amide bonds. The van der Waals surface area contributed by atoms with E-state index in [1.54, 1.807) is 12.1 Å². The molecule has 0 aliphatic heterocycles. The van der Waals surface area contributed by atoms with Crippen molar-refractivity contribution in [1.29, 1.82) is 0 Å². The average molecular weight is 244 g/mol. The van der Waals surface area contributed by atoms with Gasteiger partial charge in [-0.3, -0.25) is 4.98 Å². The van der Waals surface area contributed by atoms with E-state index in [1.807, 2.05) is 6.92 Å². The van der Waals surface area contributed by atoms with Crippen LogP contribution in [0.1, 0.15) is 32.0 Å². The molecule has 0 fully saturated rings. The van der Waals surface area contributed by atoms with E-state index in [4.69, 9.17) is 4.74 Å². The Balaban J connectivity index is 2.59. The molecule has 0 aliphatic rings. The highest BCUT2D eigenvalue weighted by atomic mass is 19.3. The van der Waals surface area contributed by atoms with Gasteiger partial charge < -0.3 is 10.1 Å². The van der Waals surface area contributed by atoms with Gasteiger partial charge in [0.25, 0.3) is 6.43 Å². The van der Waals surface area contributed by atoms with Crippen molar-refractivity contribution in [3.05, 3.63) is 24.0 Å². The molecule has 1 atom stereocenters. The number of nitrogens with zero attached hydrogens (tertiary/aromatic N) is 1. The Morgan fingerprint density at radius 3 is 2.59 bits per heavy atom. The second-order valence-corrected chi connectivity index (χ2v) is 3.64. The Bertz CT molecular complexity index is 317. The molecule has 0 saturated carbocycles. The number of hydrogen-bond donors (Lipinski definition) is 1. The fourth-order valence-electron chi connectivity index (χ4n) is 1.55. The van der Waals surface area contributed by atoms with Gasteiger partial charge in [-0.25, -0.2) is 8.78 Å². The summed E-state index contributed by atoms with van der Waals surface area (Å²) in [5.41, 5.74) is 0.902. The largest absolute Gasteiger partial charge is 0.486 e. The summed E-state index contributed by atoms with van der Waals surface area (Å²) in [5, 5.41) is 3.29. The molecule has 1 heterocycles. The zero-order valence-electron chi connectivity index (χ0n) is 10.1. The number of halogens is 2. The topological polar surface area (TPSA) is 34.1 Å². The summed E-state index contributed by atoms with van der Waals surface area (Å²) >= 11 is 0. The minimum Gasteiger partial charge on any atom is -0.486 e. The minimum atomic E-state index is -2.46. The highest BCUT2D eigenvalue weighted by Crippen LogP contribution is 2.17. The molecule has 1 N–H and O–H groups in total. The summed E-state index contributed by atoms with van der Waals surface area (Å²) < 4.78 is 28.7. The van der Waals surface area contributed by atoms with Gasteiger partial charge in [0.2, 0.25) is 0 Å². The molecule has 0 saturated heterocycles. The lowest BCUT2D eigenvalue weighted by molar-refractivity contribution is 0.0817. The molecule has 0 radical (unpaired) electrons. The molecule has 0 spiro atoms. The first kappa shape index (κ1) is 13.8. The van der Waals surface area contributed by atoms with Gasteiger partial charge in [-0.15, -0.1) is 0 Å². The van der Waals surface area contributed by atoms with Crippen molar-refractivity contribution in [2.45, 2.75) is 32.7 Å². The second kappa shape index (κ2) is 7.17. The summed E-state index contributed by atoms with van der Waals surface area (Å²) in [4.78, 5) is 4.21. The predicted molar refractivity (Wildman–Crippen MR) is 62.4 cm³/mol. The van der Waals surface area contributed by atoms with Crippen molar-refractivity contribution in [1.82, 2.24) is 10.3 Å². The van der Waals surface area contributed by atoms with Gasteiger partial charge >= 0.3 is 0 Å². The number of alkyl halides is 2. The molecule has 96 valence electrons. The van der Waals surface area contributed by atoms with Gasteiger partial charge in [-0.2, -0.15) is 0 Å². The Kier molecular flexibility index (Phi) is 5.83.